The van der Waals surface area contributed by atoms with E-state index in [4.69, 9.17) is 0 Å². The first-order valence-electron chi connectivity index (χ1n) is 12.8. The van der Waals surface area contributed by atoms with Crippen LogP contribution in [0.15, 0.2) is 60.7 Å². The molecule has 0 N–H and O–H groups in total. The first-order chi connectivity index (χ1) is 15.9. The zero-order chi connectivity index (χ0) is 24.4. The van der Waals surface area contributed by atoms with Gasteiger partial charge in [-0.15, -0.1) is 92.3 Å². The first-order valence-corrected chi connectivity index (χ1v) is 12.8. The van der Waals surface area contributed by atoms with Crippen LogP contribution in [-0.4, -0.2) is 0 Å². The Labute approximate surface area is 229 Å². The van der Waals surface area contributed by atoms with Gasteiger partial charge in [0.15, 0.2) is 0 Å². The van der Waals surface area contributed by atoms with Crippen LogP contribution in [0.25, 0.3) is 21.5 Å². The molecular formula is C33H44Zr. The van der Waals surface area contributed by atoms with Gasteiger partial charge in [0.1, 0.15) is 0 Å². The fraction of sp³-hybridized carbons (Fsp3) is 0.394. The maximum absolute atomic E-state index is 3.60. The molecule has 4 aromatic rings. The largest absolute Gasteiger partial charge is 4.00 e. The van der Waals surface area contributed by atoms with E-state index < -0.39 is 0 Å². The van der Waals surface area contributed by atoms with Crippen LogP contribution in [0.4, 0.5) is 0 Å². The summed E-state index contributed by atoms with van der Waals surface area (Å²) in [4.78, 5) is 0. The Bertz CT molecular complexity index is 1010. The van der Waals surface area contributed by atoms with Crippen LogP contribution >= 0.6 is 0 Å². The zero-order valence-corrected chi connectivity index (χ0v) is 24.9. The molecule has 180 valence electrons. The van der Waals surface area contributed by atoms with Gasteiger partial charge in [0.25, 0.3) is 0 Å². The molecule has 0 atom stereocenters. The van der Waals surface area contributed by atoms with E-state index in [0.29, 0.717) is 0 Å². The number of hydrogen-bond donors (Lipinski definition) is 0. The normalized spacial score (nSPS) is 10.8. The molecule has 1 heteroatoms. The smallest absolute Gasteiger partial charge is 0.343 e. The summed E-state index contributed by atoms with van der Waals surface area (Å²) in [6.07, 6.45) is 6.71. The van der Waals surface area contributed by atoms with Crippen LogP contribution in [0.1, 0.15) is 89.5 Å². The second kappa shape index (κ2) is 14.8. The molecule has 0 fully saturated rings. The first kappa shape index (κ1) is 30.6. The zero-order valence-electron chi connectivity index (χ0n) is 22.4. The number of rotatable bonds is 6. The Kier molecular flexibility index (Phi) is 13.3. The van der Waals surface area contributed by atoms with Gasteiger partial charge in [0.2, 0.25) is 0 Å². The monoisotopic (exact) mass is 530 g/mol. The van der Waals surface area contributed by atoms with Gasteiger partial charge >= 0.3 is 26.2 Å². The minimum atomic E-state index is -0.0110. The predicted octanol–water partition coefficient (Wildman–Crippen LogP) is 10.1. The molecule has 0 nitrogen and oxygen atoms in total. The van der Waals surface area contributed by atoms with Gasteiger partial charge in [-0.05, 0) is 12.8 Å². The number of hydrogen-bond acceptors (Lipinski definition) is 0. The molecule has 0 amide bonds. The minimum Gasteiger partial charge on any atom is -0.343 e. The Balaban J connectivity index is 0.000000563. The molecule has 0 heterocycles. The molecule has 0 unspecified atom stereocenters. The van der Waals surface area contributed by atoms with E-state index in [-0.39, 0.29) is 31.6 Å². The van der Waals surface area contributed by atoms with Gasteiger partial charge in [-0.25, -0.2) is 0 Å². The topological polar surface area (TPSA) is 0 Å². The van der Waals surface area contributed by atoms with Crippen LogP contribution in [0.2, 0.25) is 0 Å². The quantitative estimate of drug-likeness (QED) is 0.217. The third-order valence-electron chi connectivity index (χ3n) is 6.48. The van der Waals surface area contributed by atoms with Gasteiger partial charge in [0, 0.05) is 0 Å². The van der Waals surface area contributed by atoms with E-state index in [0.717, 1.165) is 25.7 Å². The van der Waals surface area contributed by atoms with Crippen molar-refractivity contribution in [3.05, 3.63) is 96.8 Å². The molecular weight excluding hydrogens is 488 g/mol. The van der Waals surface area contributed by atoms with Crippen molar-refractivity contribution in [1.82, 2.24) is 0 Å². The number of unbranched alkanes of at least 4 members (excludes halogenated alkanes) is 2. The summed E-state index contributed by atoms with van der Waals surface area (Å²) in [6.45, 7) is 20.8. The Morgan fingerprint density at radius 2 is 0.971 bits per heavy atom. The fourth-order valence-corrected chi connectivity index (χ4v) is 4.73. The van der Waals surface area contributed by atoms with Crippen molar-refractivity contribution in [2.24, 2.45) is 0 Å². The summed E-state index contributed by atoms with van der Waals surface area (Å²) >= 11 is 0. The number of benzene rings is 2. The molecule has 0 saturated heterocycles. The third-order valence-corrected chi connectivity index (χ3v) is 6.48. The molecule has 4 aromatic carbocycles. The maximum Gasteiger partial charge on any atom is 4.00 e. The minimum absolute atomic E-state index is 0. The standard InChI is InChI=1S/C25H26.2C4H9.Zr/c1-5-17-15-19-11-7-9-13-21(19)23(17)25(3,4)24-18(6-2)16-20-12-8-10-14-22(20)24;2*1-3-4-2;/h7-16H,5-6H2,1-4H3;2*1,3-4H2,2H3;/q-2;2*-1;+4. The molecule has 0 aliphatic rings. The van der Waals surface area contributed by atoms with Crippen molar-refractivity contribution in [3.63, 3.8) is 0 Å². The van der Waals surface area contributed by atoms with Crippen LogP contribution in [0.3, 0.4) is 0 Å². The van der Waals surface area contributed by atoms with Gasteiger partial charge in [-0.3, -0.25) is 0 Å². The van der Waals surface area contributed by atoms with Gasteiger partial charge in [0.05, 0.1) is 0 Å². The predicted molar refractivity (Wildman–Crippen MR) is 150 cm³/mol. The van der Waals surface area contributed by atoms with E-state index in [1.807, 2.05) is 0 Å². The average Bonchev–Trinajstić information content (AvgIpc) is 3.43. The SMILES string of the molecule is CCc1[cH-]c2ccccc2c1C(C)(C)c1c(CC)[cH-]c2ccccc12.[CH2-]CCC.[CH2-]CCC.[Zr+4]. The molecule has 0 aromatic heterocycles. The van der Waals surface area contributed by atoms with Crippen LogP contribution in [0.5, 0.6) is 0 Å². The van der Waals surface area contributed by atoms with E-state index in [9.17, 15) is 0 Å². The van der Waals surface area contributed by atoms with Crippen molar-refractivity contribution in [1.29, 1.82) is 0 Å². The van der Waals surface area contributed by atoms with Gasteiger partial charge in [-0.2, -0.15) is 12.8 Å². The summed E-state index contributed by atoms with van der Waals surface area (Å²) in [5.74, 6) is 0. The summed E-state index contributed by atoms with van der Waals surface area (Å²) in [5, 5.41) is 5.57. The molecule has 4 rings (SSSR count). The van der Waals surface area contributed by atoms with Crippen LogP contribution in [0, 0.1) is 13.8 Å². The van der Waals surface area contributed by atoms with Crippen molar-refractivity contribution in [3.8, 4) is 0 Å². The van der Waals surface area contributed by atoms with Crippen molar-refractivity contribution in [2.45, 2.75) is 85.5 Å². The molecule has 34 heavy (non-hydrogen) atoms. The van der Waals surface area contributed by atoms with Crippen molar-refractivity contribution < 1.29 is 26.2 Å². The van der Waals surface area contributed by atoms with Crippen molar-refractivity contribution >= 4 is 21.5 Å². The van der Waals surface area contributed by atoms with E-state index in [1.54, 1.807) is 0 Å². The summed E-state index contributed by atoms with van der Waals surface area (Å²) < 4.78 is 0. The molecule has 0 spiro atoms. The second-order valence-electron chi connectivity index (χ2n) is 9.30. The Morgan fingerprint density at radius 1 is 0.647 bits per heavy atom. The second-order valence-corrected chi connectivity index (χ2v) is 9.30. The number of fused-ring (bicyclic) bond motifs is 2. The third kappa shape index (κ3) is 6.82. The Morgan fingerprint density at radius 3 is 1.26 bits per heavy atom. The average molecular weight is 532 g/mol. The summed E-state index contributed by atoms with van der Waals surface area (Å²) in [7, 11) is 0. The molecule has 0 aliphatic heterocycles. The summed E-state index contributed by atoms with van der Waals surface area (Å²) in [6, 6.07) is 22.5. The maximum atomic E-state index is 3.60. The summed E-state index contributed by atoms with van der Waals surface area (Å²) in [5.41, 5.74) is 5.98. The van der Waals surface area contributed by atoms with Gasteiger partial charge in [-0.1, -0.05) is 71.9 Å². The molecule has 0 aliphatic carbocycles. The molecule has 0 bridgehead atoms. The van der Waals surface area contributed by atoms with Crippen LogP contribution < -0.4 is 0 Å². The van der Waals surface area contributed by atoms with Crippen LogP contribution in [-0.2, 0) is 44.5 Å². The van der Waals surface area contributed by atoms with Gasteiger partial charge < -0.3 is 13.8 Å². The number of aryl methyl sites for hydroxylation is 2. The Hall–Kier alpha value is -1.46. The van der Waals surface area contributed by atoms with E-state index in [2.05, 4.69) is 116 Å². The van der Waals surface area contributed by atoms with E-state index in [1.165, 1.54) is 56.6 Å². The van der Waals surface area contributed by atoms with E-state index >= 15 is 0 Å². The fourth-order valence-electron chi connectivity index (χ4n) is 4.73. The molecule has 0 saturated carbocycles. The van der Waals surface area contributed by atoms with Crippen molar-refractivity contribution in [2.75, 3.05) is 0 Å². The molecule has 0 radical (unpaired) electrons.